The Morgan fingerprint density at radius 2 is 2.12 bits per heavy atom. The summed E-state index contributed by atoms with van der Waals surface area (Å²) in [5, 5.41) is 5.40. The Morgan fingerprint density at radius 1 is 1.41 bits per heavy atom. The molecule has 4 heteroatoms. The van der Waals surface area contributed by atoms with Gasteiger partial charge in [-0.15, -0.1) is 0 Å². The molecule has 1 heterocycles. The number of amidine groups is 1. The van der Waals surface area contributed by atoms with E-state index in [0.717, 1.165) is 6.54 Å². The van der Waals surface area contributed by atoms with Gasteiger partial charge in [-0.1, -0.05) is 31.5 Å². The molecule has 1 aliphatic heterocycles. The second-order valence-electron chi connectivity index (χ2n) is 5.43. The maximum atomic E-state index is 4.86. The molecule has 0 amide bonds. The molecule has 1 N–H and O–H groups in total. The fourth-order valence-corrected chi connectivity index (χ4v) is 4.85. The van der Waals surface area contributed by atoms with E-state index in [1.807, 2.05) is 23.5 Å². The van der Waals surface area contributed by atoms with E-state index in [1.54, 1.807) is 0 Å². The molecule has 2 nitrogen and oxygen atoms in total. The first-order valence-electron chi connectivity index (χ1n) is 6.66. The third-order valence-corrected chi connectivity index (χ3v) is 6.30. The van der Waals surface area contributed by atoms with Crippen molar-refractivity contribution in [1.29, 1.82) is 0 Å². The van der Waals surface area contributed by atoms with Crippen LogP contribution in [-0.4, -0.2) is 34.0 Å². The van der Waals surface area contributed by atoms with Gasteiger partial charge >= 0.3 is 0 Å². The highest BCUT2D eigenvalue weighted by molar-refractivity contribution is 8.14. The molecular weight excluding hydrogens is 248 g/mol. The molecule has 2 atom stereocenters. The van der Waals surface area contributed by atoms with Gasteiger partial charge in [-0.05, 0) is 32.4 Å². The number of hydrogen-bond donors (Lipinski definition) is 1. The minimum atomic E-state index is 0.444. The minimum absolute atomic E-state index is 0.444. The molecule has 2 unspecified atom stereocenters. The minimum Gasteiger partial charge on any atom is -0.362 e. The van der Waals surface area contributed by atoms with Crippen LogP contribution in [0.1, 0.15) is 46.0 Å². The van der Waals surface area contributed by atoms with E-state index < -0.39 is 0 Å². The van der Waals surface area contributed by atoms with E-state index in [4.69, 9.17) is 4.99 Å². The predicted molar refractivity (Wildman–Crippen MR) is 81.3 cm³/mol. The lowest BCUT2D eigenvalue weighted by molar-refractivity contribution is 0.588. The molecule has 0 aromatic heterocycles. The number of nitrogens with zero attached hydrogens (tertiary/aromatic N) is 1. The Balaban J connectivity index is 1.94. The van der Waals surface area contributed by atoms with Crippen molar-refractivity contribution in [2.24, 2.45) is 4.99 Å². The predicted octanol–water partition coefficient (Wildman–Crippen LogP) is 3.52. The fraction of sp³-hybridized carbons (Fsp3) is 0.923. The van der Waals surface area contributed by atoms with Crippen LogP contribution in [0, 0.1) is 0 Å². The van der Waals surface area contributed by atoms with E-state index >= 15 is 0 Å². The number of rotatable bonds is 3. The van der Waals surface area contributed by atoms with Crippen LogP contribution in [0.15, 0.2) is 4.99 Å². The summed E-state index contributed by atoms with van der Waals surface area (Å²) in [5.74, 6) is 0. The maximum Gasteiger partial charge on any atom is 0.157 e. The van der Waals surface area contributed by atoms with Crippen LogP contribution >= 0.6 is 23.5 Å². The van der Waals surface area contributed by atoms with Crippen molar-refractivity contribution in [3.63, 3.8) is 0 Å². The third kappa shape index (κ3) is 3.57. The molecule has 2 aliphatic rings. The highest BCUT2D eigenvalue weighted by atomic mass is 32.2. The summed E-state index contributed by atoms with van der Waals surface area (Å²) < 4.78 is 0.444. The zero-order valence-corrected chi connectivity index (χ0v) is 12.8. The zero-order valence-electron chi connectivity index (χ0n) is 11.2. The second kappa shape index (κ2) is 5.87. The van der Waals surface area contributed by atoms with Crippen molar-refractivity contribution < 1.29 is 0 Å². The number of aliphatic imine (C=N–C) groups is 1. The van der Waals surface area contributed by atoms with Gasteiger partial charge in [-0.3, -0.25) is 4.99 Å². The average Bonchev–Trinajstić information content (AvgIpc) is 2.74. The van der Waals surface area contributed by atoms with Gasteiger partial charge in [0.15, 0.2) is 5.17 Å². The molecule has 0 spiro atoms. The van der Waals surface area contributed by atoms with Crippen molar-refractivity contribution in [3.8, 4) is 0 Å². The Bertz CT molecular complexity index is 273. The summed E-state index contributed by atoms with van der Waals surface area (Å²) in [4.78, 5) is 4.86. The van der Waals surface area contributed by atoms with Gasteiger partial charge in [0.05, 0.1) is 6.54 Å². The van der Waals surface area contributed by atoms with Gasteiger partial charge in [0.1, 0.15) is 0 Å². The van der Waals surface area contributed by atoms with E-state index in [2.05, 4.69) is 25.4 Å². The van der Waals surface area contributed by atoms with Crippen LogP contribution in [0.2, 0.25) is 0 Å². The van der Waals surface area contributed by atoms with E-state index in [-0.39, 0.29) is 0 Å². The van der Waals surface area contributed by atoms with Gasteiger partial charge < -0.3 is 5.32 Å². The Labute approximate surface area is 114 Å². The molecule has 1 aliphatic carbocycles. The SMILES string of the molecule is CSC1(CN=C2NC(C)CC(C)S2)CCCC1. The van der Waals surface area contributed by atoms with Gasteiger partial charge in [-0.25, -0.2) is 0 Å². The first-order chi connectivity index (χ1) is 8.13. The smallest absolute Gasteiger partial charge is 0.157 e. The molecule has 2 fully saturated rings. The summed E-state index contributed by atoms with van der Waals surface area (Å²) in [7, 11) is 0. The summed E-state index contributed by atoms with van der Waals surface area (Å²) in [5.41, 5.74) is 0. The van der Waals surface area contributed by atoms with E-state index in [0.29, 0.717) is 16.0 Å². The van der Waals surface area contributed by atoms with E-state index in [1.165, 1.54) is 37.3 Å². The van der Waals surface area contributed by atoms with E-state index in [9.17, 15) is 0 Å². The molecule has 0 bridgehead atoms. The van der Waals surface area contributed by atoms with Gasteiger partial charge in [0.25, 0.3) is 0 Å². The van der Waals surface area contributed by atoms with Gasteiger partial charge in [0.2, 0.25) is 0 Å². The Hall–Kier alpha value is 0.170. The quantitative estimate of drug-likeness (QED) is 0.850. The van der Waals surface area contributed by atoms with Crippen LogP contribution in [0.3, 0.4) is 0 Å². The van der Waals surface area contributed by atoms with Crippen molar-refractivity contribution in [2.75, 3.05) is 12.8 Å². The summed E-state index contributed by atoms with van der Waals surface area (Å²) in [6, 6.07) is 0.582. The molecule has 2 rings (SSSR count). The normalized spacial score (nSPS) is 34.9. The fourth-order valence-electron chi connectivity index (χ4n) is 2.79. The molecule has 0 radical (unpaired) electrons. The lowest BCUT2D eigenvalue weighted by Gasteiger charge is -2.29. The van der Waals surface area contributed by atoms with Crippen molar-refractivity contribution in [1.82, 2.24) is 5.32 Å². The number of hydrogen-bond acceptors (Lipinski definition) is 3. The largest absolute Gasteiger partial charge is 0.362 e. The first kappa shape index (κ1) is 13.6. The van der Waals surface area contributed by atoms with Crippen LogP contribution in [0.4, 0.5) is 0 Å². The summed E-state index contributed by atoms with van der Waals surface area (Å²) in [6.45, 7) is 5.56. The van der Waals surface area contributed by atoms with Crippen LogP contribution in [0.5, 0.6) is 0 Å². The average molecular weight is 272 g/mol. The van der Waals surface area contributed by atoms with Crippen molar-refractivity contribution in [3.05, 3.63) is 0 Å². The van der Waals surface area contributed by atoms with Crippen LogP contribution in [-0.2, 0) is 0 Å². The highest BCUT2D eigenvalue weighted by Gasteiger charge is 2.33. The third-order valence-electron chi connectivity index (χ3n) is 3.83. The Morgan fingerprint density at radius 3 is 2.71 bits per heavy atom. The Kier molecular flexibility index (Phi) is 4.70. The van der Waals surface area contributed by atoms with Crippen molar-refractivity contribution >= 4 is 28.7 Å². The monoisotopic (exact) mass is 272 g/mol. The van der Waals surface area contributed by atoms with Crippen LogP contribution < -0.4 is 5.32 Å². The van der Waals surface area contributed by atoms with Gasteiger partial charge in [0, 0.05) is 16.0 Å². The zero-order chi connectivity index (χ0) is 12.3. The standard InChI is InChI=1S/C13H24N2S2/c1-10-8-11(2)17-12(15-10)14-9-13(16-3)6-4-5-7-13/h10-11H,4-9H2,1-3H3,(H,14,15). The first-order valence-corrected chi connectivity index (χ1v) is 8.77. The molecule has 98 valence electrons. The number of thioether (sulfide) groups is 2. The topological polar surface area (TPSA) is 24.4 Å². The molecule has 0 aromatic carbocycles. The lowest BCUT2D eigenvalue weighted by Crippen LogP contribution is -2.39. The maximum absolute atomic E-state index is 4.86. The van der Waals surface area contributed by atoms with Crippen LogP contribution in [0.25, 0.3) is 0 Å². The number of nitrogens with one attached hydrogen (secondary N) is 1. The second-order valence-corrected chi connectivity index (χ2v) is 8.13. The molecular formula is C13H24N2S2. The van der Waals surface area contributed by atoms with Gasteiger partial charge in [-0.2, -0.15) is 11.8 Å². The highest BCUT2D eigenvalue weighted by Crippen LogP contribution is 2.40. The molecule has 0 aromatic rings. The molecule has 1 saturated heterocycles. The lowest BCUT2D eigenvalue weighted by atomic mass is 10.1. The van der Waals surface area contributed by atoms with Crippen molar-refractivity contribution in [2.45, 2.75) is 62.0 Å². The summed E-state index contributed by atoms with van der Waals surface area (Å²) in [6.07, 6.45) is 8.97. The molecule has 17 heavy (non-hydrogen) atoms. The molecule has 1 saturated carbocycles. The summed E-state index contributed by atoms with van der Waals surface area (Å²) >= 11 is 3.94.